The zero-order valence-electron chi connectivity index (χ0n) is 25.7. The SMILES string of the molecule is CCCc1c(Cc2ccc(-c3ccccc3-c3noc(=O)[nH]3)cc2F)c(=O)n(C2CCC(OCC3(O)CCC3)CC2)c2ncnn12.[KH]. The van der Waals surface area contributed by atoms with E-state index in [1.54, 1.807) is 27.3 Å². The molecule has 5 aromatic rings. The zero-order valence-corrected chi connectivity index (χ0v) is 25.7. The van der Waals surface area contributed by atoms with Crippen molar-refractivity contribution < 1.29 is 18.8 Å². The van der Waals surface area contributed by atoms with Crippen molar-refractivity contribution in [1.29, 1.82) is 0 Å². The molecule has 47 heavy (non-hydrogen) atoms. The molecule has 2 aliphatic carbocycles. The predicted molar refractivity (Wildman–Crippen MR) is 175 cm³/mol. The molecule has 0 amide bonds. The molecule has 2 fully saturated rings. The fourth-order valence-corrected chi connectivity index (χ4v) is 6.89. The van der Waals surface area contributed by atoms with Crippen LogP contribution >= 0.6 is 0 Å². The summed E-state index contributed by atoms with van der Waals surface area (Å²) in [6.07, 6.45) is 8.63. The Balaban J connectivity index is 0.00000386. The number of ether oxygens (including phenoxy) is 1. The van der Waals surface area contributed by atoms with Gasteiger partial charge in [-0.15, -0.1) is 0 Å². The van der Waals surface area contributed by atoms with Crippen LogP contribution in [-0.2, 0) is 17.6 Å². The van der Waals surface area contributed by atoms with Crippen LogP contribution in [0.3, 0.4) is 0 Å². The number of aryl methyl sites for hydroxylation is 1. The zero-order chi connectivity index (χ0) is 31.8. The van der Waals surface area contributed by atoms with Crippen molar-refractivity contribution in [3.63, 3.8) is 0 Å². The van der Waals surface area contributed by atoms with E-state index in [0.29, 0.717) is 46.6 Å². The summed E-state index contributed by atoms with van der Waals surface area (Å²) >= 11 is 0. The normalized spacial score (nSPS) is 19.0. The van der Waals surface area contributed by atoms with Gasteiger partial charge in [-0.25, -0.2) is 13.7 Å². The molecule has 0 bridgehead atoms. The first-order valence-corrected chi connectivity index (χ1v) is 16.1. The van der Waals surface area contributed by atoms with E-state index in [4.69, 9.17) is 4.74 Å². The third-order valence-corrected chi connectivity index (χ3v) is 9.55. The van der Waals surface area contributed by atoms with Gasteiger partial charge in [-0.2, -0.15) is 10.1 Å². The number of aromatic amines is 1. The van der Waals surface area contributed by atoms with Crippen LogP contribution in [-0.4, -0.2) is 104 Å². The Morgan fingerprint density at radius 2 is 1.87 bits per heavy atom. The van der Waals surface area contributed by atoms with Crippen molar-refractivity contribution in [3.05, 3.63) is 92.3 Å². The third-order valence-electron chi connectivity index (χ3n) is 9.55. The van der Waals surface area contributed by atoms with Crippen molar-refractivity contribution in [2.75, 3.05) is 6.61 Å². The van der Waals surface area contributed by atoms with E-state index in [-0.39, 0.29) is 81.3 Å². The Kier molecular flexibility index (Phi) is 10.4. The molecule has 13 heteroatoms. The molecule has 3 heterocycles. The van der Waals surface area contributed by atoms with Gasteiger partial charge in [-0.3, -0.25) is 18.9 Å². The second kappa shape index (κ2) is 14.4. The quantitative estimate of drug-likeness (QED) is 0.210. The first-order chi connectivity index (χ1) is 22.3. The molecule has 0 saturated heterocycles. The monoisotopic (exact) mass is 668 g/mol. The molecule has 7 rings (SSSR count). The number of aromatic nitrogens is 6. The summed E-state index contributed by atoms with van der Waals surface area (Å²) in [5.74, 6) is -0.358. The third kappa shape index (κ3) is 6.89. The topological polar surface area (TPSA) is 141 Å². The number of hydrogen-bond acceptors (Lipinski definition) is 8. The average molecular weight is 669 g/mol. The van der Waals surface area contributed by atoms with Gasteiger partial charge < -0.3 is 9.84 Å². The number of rotatable bonds is 10. The molecule has 0 unspecified atom stereocenters. The van der Waals surface area contributed by atoms with Gasteiger partial charge in [0, 0.05) is 23.6 Å². The number of H-pyrrole nitrogens is 1. The maximum atomic E-state index is 15.9. The molecule has 0 aliphatic heterocycles. The van der Waals surface area contributed by atoms with Gasteiger partial charge in [0.05, 0.1) is 24.0 Å². The second-order valence-electron chi connectivity index (χ2n) is 12.6. The molecule has 2 N–H and O–H groups in total. The summed E-state index contributed by atoms with van der Waals surface area (Å²) < 4.78 is 30.1. The van der Waals surface area contributed by atoms with Gasteiger partial charge in [0.2, 0.25) is 5.78 Å². The molecule has 11 nitrogen and oxygen atoms in total. The minimum absolute atomic E-state index is 0. The first-order valence-electron chi connectivity index (χ1n) is 16.1. The van der Waals surface area contributed by atoms with E-state index >= 15 is 4.39 Å². The van der Waals surface area contributed by atoms with Crippen molar-refractivity contribution in [1.82, 2.24) is 29.3 Å². The molecule has 2 aromatic carbocycles. The van der Waals surface area contributed by atoms with Gasteiger partial charge in [-0.1, -0.05) is 54.9 Å². The Morgan fingerprint density at radius 3 is 2.53 bits per heavy atom. The van der Waals surface area contributed by atoms with Crippen molar-refractivity contribution in [2.45, 2.75) is 88.9 Å². The summed E-state index contributed by atoms with van der Waals surface area (Å²) in [7, 11) is 0. The summed E-state index contributed by atoms with van der Waals surface area (Å²) in [5.41, 5.74) is 2.68. The number of fused-ring (bicyclic) bond motifs is 1. The van der Waals surface area contributed by atoms with Crippen LogP contribution in [0.25, 0.3) is 28.3 Å². The van der Waals surface area contributed by atoms with Crippen LogP contribution in [0, 0.1) is 5.82 Å². The van der Waals surface area contributed by atoms with Crippen LogP contribution in [0.1, 0.15) is 81.2 Å². The number of aliphatic hydroxyl groups is 1. The van der Waals surface area contributed by atoms with Crippen LogP contribution in [0.15, 0.2) is 62.9 Å². The van der Waals surface area contributed by atoms with E-state index in [9.17, 15) is 14.7 Å². The predicted octanol–water partition coefficient (Wildman–Crippen LogP) is 4.35. The Morgan fingerprint density at radius 1 is 1.11 bits per heavy atom. The first kappa shape index (κ1) is 34.1. The summed E-state index contributed by atoms with van der Waals surface area (Å²) in [4.78, 5) is 32.9. The fourth-order valence-electron chi connectivity index (χ4n) is 6.89. The Hall–Kier alpha value is -2.78. The average Bonchev–Trinajstić information content (AvgIpc) is 3.71. The number of benzene rings is 2. The molecule has 3 aromatic heterocycles. The molecule has 2 aliphatic rings. The molecular weight excluding hydrogens is 631 g/mol. The summed E-state index contributed by atoms with van der Waals surface area (Å²) in [6, 6.07) is 12.1. The number of halogens is 1. The second-order valence-corrected chi connectivity index (χ2v) is 12.6. The summed E-state index contributed by atoms with van der Waals surface area (Å²) in [5, 5.41) is 18.7. The van der Waals surface area contributed by atoms with Gasteiger partial charge >= 0.3 is 57.1 Å². The number of nitrogens with zero attached hydrogens (tertiary/aromatic N) is 5. The van der Waals surface area contributed by atoms with Crippen molar-refractivity contribution in [2.24, 2.45) is 0 Å². The van der Waals surface area contributed by atoms with Crippen LogP contribution in [0.2, 0.25) is 0 Å². The molecule has 0 radical (unpaired) electrons. The van der Waals surface area contributed by atoms with Gasteiger partial charge in [-0.05, 0) is 74.1 Å². The van der Waals surface area contributed by atoms with E-state index in [1.807, 2.05) is 25.1 Å². The van der Waals surface area contributed by atoms with Gasteiger partial charge in [0.15, 0.2) is 5.82 Å². The summed E-state index contributed by atoms with van der Waals surface area (Å²) in [6.45, 7) is 2.40. The van der Waals surface area contributed by atoms with Crippen LogP contribution in [0.5, 0.6) is 0 Å². The molecule has 0 atom stereocenters. The van der Waals surface area contributed by atoms with E-state index < -0.39 is 17.2 Å². The van der Waals surface area contributed by atoms with E-state index in [2.05, 4.69) is 24.7 Å². The van der Waals surface area contributed by atoms with Crippen molar-refractivity contribution >= 4 is 57.2 Å². The number of hydrogen-bond donors (Lipinski definition) is 2. The Labute approximate surface area is 313 Å². The van der Waals surface area contributed by atoms with E-state index in [0.717, 1.165) is 57.1 Å². The van der Waals surface area contributed by atoms with Crippen LogP contribution in [0.4, 0.5) is 4.39 Å². The van der Waals surface area contributed by atoms with Gasteiger partial charge in [0.1, 0.15) is 12.1 Å². The van der Waals surface area contributed by atoms with Gasteiger partial charge in [0.25, 0.3) is 5.56 Å². The van der Waals surface area contributed by atoms with E-state index in [1.165, 1.54) is 12.4 Å². The standard InChI is InChI=1S/C34H37FN6O5.K.H/c1-2-6-29-27(17-22-10-9-21(18-28(22)35)25-7-3-4-8-26(25)30-38-33(43)46-39-30)31(42)40(32-36-20-37-41(29)32)23-11-13-24(14-12-23)45-19-34(44)15-5-16-34;;/h3-4,7-10,18,20,23-24,44H,2,5-6,11-17,19H2,1H3,(H,38,39,43);;. The molecule has 2 saturated carbocycles. The molecule has 0 spiro atoms. The maximum absolute atomic E-state index is 15.9. The Bertz CT molecular complexity index is 1990. The fraction of sp³-hybridized carbons (Fsp3) is 0.441. The van der Waals surface area contributed by atoms with Crippen LogP contribution < -0.4 is 11.3 Å². The molecular formula is C34H38FKN6O5. The minimum atomic E-state index is -0.681. The van der Waals surface area contributed by atoms with Crippen molar-refractivity contribution in [3.8, 4) is 22.5 Å². The molecule has 242 valence electrons. The number of nitrogens with one attached hydrogen (secondary N) is 1.